The molecule has 0 aromatic heterocycles. The number of hydrogen-bond acceptors (Lipinski definition) is 0. The number of hydrogen-bond donors (Lipinski definition) is 0. The monoisotopic (exact) mass is 673 g/mol. The molecule has 0 fully saturated rings. The Labute approximate surface area is 301 Å². The second-order valence-electron chi connectivity index (χ2n) is 12.0. The van der Waals surface area contributed by atoms with Crippen molar-refractivity contribution >= 4 is 0 Å². The Morgan fingerprint density at radius 3 is 0.551 bits per heavy atom. The molecule has 1 radical (unpaired) electrons. The zero-order chi connectivity index (χ0) is 32.5. The second kappa shape index (κ2) is 15.6. The largest absolute Gasteiger partial charge is 0.213 e. The average Bonchev–Trinajstić information content (AvgIpc) is 3.92. The van der Waals surface area contributed by atoms with Crippen molar-refractivity contribution in [1.29, 1.82) is 0 Å². The van der Waals surface area contributed by atoms with Gasteiger partial charge in [0, 0.05) is 27.6 Å². The van der Waals surface area contributed by atoms with Crippen LogP contribution in [-0.4, -0.2) is 0 Å². The van der Waals surface area contributed by atoms with E-state index in [2.05, 4.69) is 231 Å². The third-order valence-electron chi connectivity index (χ3n) is 9.43. The molecule has 49 heavy (non-hydrogen) atoms. The zero-order valence-corrected chi connectivity index (χ0v) is 28.3. The predicted octanol–water partition coefficient (Wildman–Crippen LogP) is 11.6. The van der Waals surface area contributed by atoms with Crippen molar-refractivity contribution in [2.75, 3.05) is 0 Å². The molecule has 0 aliphatic carbocycles. The molecule has 0 aliphatic heterocycles. The van der Waals surface area contributed by atoms with Gasteiger partial charge in [-0.05, 0) is 33.4 Å². The van der Waals surface area contributed by atoms with Gasteiger partial charge in [0.2, 0.25) is 0 Å². The molecule has 0 spiro atoms. The van der Waals surface area contributed by atoms with Gasteiger partial charge in [-0.2, -0.15) is 24.3 Å². The van der Waals surface area contributed by atoms with E-state index in [1.54, 1.807) is 0 Å². The summed E-state index contributed by atoms with van der Waals surface area (Å²) in [5.74, 6) is 0. The smallest absolute Gasteiger partial charge is 0.0257 e. The Kier molecular flexibility index (Phi) is 10.7. The summed E-state index contributed by atoms with van der Waals surface area (Å²) in [4.78, 5) is 0. The molecule has 0 amide bonds. The van der Waals surface area contributed by atoms with Crippen LogP contribution in [0.25, 0.3) is 0 Å². The van der Waals surface area contributed by atoms with Crippen molar-refractivity contribution in [2.24, 2.45) is 0 Å². The third-order valence-corrected chi connectivity index (χ3v) is 9.43. The van der Waals surface area contributed by atoms with Crippen molar-refractivity contribution in [3.63, 3.8) is 0 Å². The molecule has 1 heteroatoms. The van der Waals surface area contributed by atoms with E-state index in [4.69, 9.17) is 0 Å². The van der Waals surface area contributed by atoms with E-state index in [-0.39, 0.29) is 27.6 Å². The summed E-state index contributed by atoms with van der Waals surface area (Å²) in [5.41, 5.74) is 9.71. The molecular formula is C48H38Co-2. The molecule has 0 nitrogen and oxygen atoms in total. The van der Waals surface area contributed by atoms with Gasteiger partial charge in [-0.1, -0.05) is 182 Å². The molecule has 0 bridgehead atoms. The SMILES string of the molecule is [Co].c1ccc(C(c2ccccc2)(c2ccccc2)[c-]2cccc2)cc1.c1ccc(C(c2ccccc2)(c2ccccc2)[c-]2cccc2)cc1. The Hall–Kier alpha value is -5.47. The van der Waals surface area contributed by atoms with Crippen LogP contribution in [0.1, 0.15) is 44.5 Å². The molecule has 0 heterocycles. The average molecular weight is 674 g/mol. The van der Waals surface area contributed by atoms with E-state index in [0.717, 1.165) is 0 Å². The fourth-order valence-corrected chi connectivity index (χ4v) is 7.38. The van der Waals surface area contributed by atoms with Crippen LogP contribution in [0.4, 0.5) is 0 Å². The van der Waals surface area contributed by atoms with Gasteiger partial charge in [-0.15, -0.1) is 11.1 Å². The first-order chi connectivity index (χ1) is 23.8. The van der Waals surface area contributed by atoms with Gasteiger partial charge in [0.1, 0.15) is 0 Å². The van der Waals surface area contributed by atoms with Crippen LogP contribution in [0.5, 0.6) is 0 Å². The zero-order valence-electron chi connectivity index (χ0n) is 27.3. The number of benzene rings is 6. The molecule has 241 valence electrons. The minimum atomic E-state index is -0.298. The molecule has 8 rings (SSSR count). The minimum Gasteiger partial charge on any atom is -0.213 e. The van der Waals surface area contributed by atoms with Crippen LogP contribution >= 0.6 is 0 Å². The molecule has 0 atom stereocenters. The van der Waals surface area contributed by atoms with Gasteiger partial charge in [-0.3, -0.25) is 0 Å². The number of rotatable bonds is 8. The van der Waals surface area contributed by atoms with Crippen LogP contribution in [0.3, 0.4) is 0 Å². The van der Waals surface area contributed by atoms with Gasteiger partial charge in [0.15, 0.2) is 0 Å². The normalized spacial score (nSPS) is 11.1. The molecule has 0 saturated heterocycles. The van der Waals surface area contributed by atoms with Gasteiger partial charge in [0.05, 0.1) is 0 Å². The van der Waals surface area contributed by atoms with Crippen LogP contribution in [0, 0.1) is 0 Å². The van der Waals surface area contributed by atoms with E-state index in [9.17, 15) is 0 Å². The van der Waals surface area contributed by atoms with Crippen LogP contribution < -0.4 is 0 Å². The summed E-state index contributed by atoms with van der Waals surface area (Å²) in [5, 5.41) is 0. The van der Waals surface area contributed by atoms with E-state index in [0.29, 0.717) is 0 Å². The summed E-state index contributed by atoms with van der Waals surface area (Å²) in [6.45, 7) is 0. The second-order valence-corrected chi connectivity index (χ2v) is 12.0. The maximum absolute atomic E-state index is 2.23. The van der Waals surface area contributed by atoms with E-state index < -0.39 is 0 Å². The topological polar surface area (TPSA) is 0 Å². The fourth-order valence-electron chi connectivity index (χ4n) is 7.38. The maximum Gasteiger partial charge on any atom is 0.0257 e. The van der Waals surface area contributed by atoms with Crippen molar-refractivity contribution in [1.82, 2.24) is 0 Å². The fraction of sp³-hybridized carbons (Fsp3) is 0.0417. The molecule has 0 N–H and O–H groups in total. The first kappa shape index (κ1) is 33.4. The van der Waals surface area contributed by atoms with Gasteiger partial charge in [0.25, 0.3) is 0 Å². The molecular weight excluding hydrogens is 635 g/mol. The van der Waals surface area contributed by atoms with Gasteiger partial charge in [-0.25, -0.2) is 24.3 Å². The van der Waals surface area contributed by atoms with Crippen molar-refractivity contribution < 1.29 is 16.8 Å². The van der Waals surface area contributed by atoms with E-state index in [1.165, 1.54) is 44.5 Å². The summed E-state index contributed by atoms with van der Waals surface area (Å²) < 4.78 is 0. The minimum absolute atomic E-state index is 0. The predicted molar refractivity (Wildman–Crippen MR) is 201 cm³/mol. The third kappa shape index (κ3) is 6.39. The van der Waals surface area contributed by atoms with Crippen LogP contribution in [-0.2, 0) is 27.6 Å². The summed E-state index contributed by atoms with van der Waals surface area (Å²) in [7, 11) is 0. The first-order valence-corrected chi connectivity index (χ1v) is 16.6. The molecule has 8 aromatic rings. The molecule has 0 unspecified atom stereocenters. The van der Waals surface area contributed by atoms with E-state index in [1.807, 2.05) is 0 Å². The van der Waals surface area contributed by atoms with Gasteiger partial charge < -0.3 is 0 Å². The summed E-state index contributed by atoms with van der Waals surface area (Å²) in [6.07, 6.45) is 0. The maximum atomic E-state index is 2.23. The molecule has 8 aromatic carbocycles. The quantitative estimate of drug-likeness (QED) is 0.111. The summed E-state index contributed by atoms with van der Waals surface area (Å²) in [6, 6.07) is 82.1. The van der Waals surface area contributed by atoms with Crippen LogP contribution in [0.2, 0.25) is 0 Å². The Balaban J connectivity index is 0.000000167. The standard InChI is InChI=1S/2C24H19.Co/c2*1-4-12-20(13-5-1)24(23-18-10-11-19-23,21-14-6-2-7-15-21)22-16-8-3-9-17-22;/h2*1-19H;/q2*-1;. The first-order valence-electron chi connectivity index (χ1n) is 16.6. The Bertz CT molecular complexity index is 1720. The Morgan fingerprint density at radius 2 is 0.388 bits per heavy atom. The van der Waals surface area contributed by atoms with E-state index >= 15 is 0 Å². The van der Waals surface area contributed by atoms with Crippen LogP contribution in [0.15, 0.2) is 231 Å². The van der Waals surface area contributed by atoms with Crippen molar-refractivity contribution in [3.8, 4) is 0 Å². The van der Waals surface area contributed by atoms with Crippen molar-refractivity contribution in [3.05, 3.63) is 275 Å². The molecule has 0 saturated carbocycles. The Morgan fingerprint density at radius 1 is 0.224 bits per heavy atom. The summed E-state index contributed by atoms with van der Waals surface area (Å²) >= 11 is 0. The van der Waals surface area contributed by atoms with Crippen molar-refractivity contribution in [2.45, 2.75) is 10.8 Å². The van der Waals surface area contributed by atoms with Gasteiger partial charge >= 0.3 is 0 Å². The molecule has 0 aliphatic rings.